The molecule has 1 aromatic heterocycles. The van der Waals surface area contributed by atoms with Crippen LogP contribution in [0.3, 0.4) is 0 Å². The highest BCUT2D eigenvalue weighted by atomic mass is 16.5. The predicted molar refractivity (Wildman–Crippen MR) is 98.5 cm³/mol. The first-order chi connectivity index (χ1) is 13.0. The van der Waals surface area contributed by atoms with Gasteiger partial charge in [-0.25, -0.2) is 9.48 Å². The van der Waals surface area contributed by atoms with Gasteiger partial charge in [-0.3, -0.25) is 4.79 Å². The molecule has 1 aromatic rings. The molecule has 8 nitrogen and oxygen atoms in total. The Morgan fingerprint density at radius 2 is 2.07 bits per heavy atom. The Bertz CT molecular complexity index is 736. The number of esters is 1. The van der Waals surface area contributed by atoms with Crippen LogP contribution in [0.1, 0.15) is 52.1 Å². The quantitative estimate of drug-likeness (QED) is 0.256. The van der Waals surface area contributed by atoms with Crippen molar-refractivity contribution in [2.24, 2.45) is 5.11 Å². The van der Waals surface area contributed by atoms with Crippen LogP contribution in [-0.2, 0) is 20.9 Å². The lowest BCUT2D eigenvalue weighted by Gasteiger charge is -2.11. The van der Waals surface area contributed by atoms with Crippen LogP contribution in [0.2, 0.25) is 0 Å². The zero-order chi connectivity index (χ0) is 19.8. The fourth-order valence-electron chi connectivity index (χ4n) is 3.33. The van der Waals surface area contributed by atoms with E-state index in [2.05, 4.69) is 10.2 Å². The minimum Gasteiger partial charge on any atom is -0.461 e. The summed E-state index contributed by atoms with van der Waals surface area (Å²) >= 11 is 0. The number of rotatable bonds is 11. The van der Waals surface area contributed by atoms with Gasteiger partial charge in [0.05, 0.1) is 12.3 Å². The number of aromatic nitrogens is 2. The second-order valence-electron chi connectivity index (χ2n) is 6.49. The maximum Gasteiger partial charge on any atom is 0.382 e. The van der Waals surface area contributed by atoms with Crippen molar-refractivity contribution in [3.63, 3.8) is 0 Å². The summed E-state index contributed by atoms with van der Waals surface area (Å²) < 4.78 is 13.7. The van der Waals surface area contributed by atoms with Crippen molar-refractivity contribution in [2.75, 3.05) is 13.2 Å². The summed E-state index contributed by atoms with van der Waals surface area (Å²) in [5, 5.41) is 8.84. The molecule has 0 amide bonds. The average molecular weight is 377 g/mol. The van der Waals surface area contributed by atoms with Gasteiger partial charge in [-0.2, -0.15) is 5.10 Å². The minimum absolute atomic E-state index is 0.224. The molecule has 1 aliphatic heterocycles. The summed E-state index contributed by atoms with van der Waals surface area (Å²) in [6.07, 6.45) is 3.63. The molecule has 0 bridgehead atoms. The zero-order valence-electron chi connectivity index (χ0n) is 16.6. The van der Waals surface area contributed by atoms with Crippen LogP contribution < -0.4 is 4.74 Å². The number of nitrogens with zero attached hydrogens (tertiary/aromatic N) is 4. The van der Waals surface area contributed by atoms with Gasteiger partial charge in [0, 0.05) is 18.2 Å². The Labute approximate surface area is 159 Å². The van der Waals surface area contributed by atoms with Gasteiger partial charge >= 0.3 is 5.97 Å². The van der Waals surface area contributed by atoms with Crippen LogP contribution in [0.15, 0.2) is 22.5 Å². The smallest absolute Gasteiger partial charge is 0.382 e. The summed E-state index contributed by atoms with van der Waals surface area (Å²) in [6.45, 7) is 9.75. The third kappa shape index (κ3) is 5.24. The highest BCUT2D eigenvalue weighted by Crippen LogP contribution is 2.27. The fourth-order valence-corrected chi connectivity index (χ4v) is 3.33. The van der Waals surface area contributed by atoms with Gasteiger partial charge in [0.1, 0.15) is 5.70 Å². The lowest BCUT2D eigenvalue weighted by atomic mass is 9.99. The van der Waals surface area contributed by atoms with Crippen molar-refractivity contribution < 1.29 is 23.8 Å². The van der Waals surface area contributed by atoms with Crippen molar-refractivity contribution >= 4 is 12.4 Å². The Morgan fingerprint density at radius 3 is 2.74 bits per heavy atom. The number of hydrogen-bond donors (Lipinski definition) is 0. The average Bonchev–Trinajstić information content (AvgIpc) is 3.14. The highest BCUT2D eigenvalue weighted by Gasteiger charge is 2.41. The number of aryl methyl sites for hydroxylation is 2. The lowest BCUT2D eigenvalue weighted by Crippen LogP contribution is -2.34. The first-order valence-electron chi connectivity index (χ1n) is 9.51. The molecule has 0 fully saturated rings. The van der Waals surface area contributed by atoms with Gasteiger partial charge in [0.2, 0.25) is 5.88 Å². The monoisotopic (exact) mass is 377 g/mol. The van der Waals surface area contributed by atoms with E-state index in [0.29, 0.717) is 32.0 Å². The minimum atomic E-state index is -0.392. The first-order valence-corrected chi connectivity index (χ1v) is 9.51. The van der Waals surface area contributed by atoms with E-state index in [1.54, 1.807) is 15.4 Å². The molecular weight excluding hydrogens is 348 g/mol. The van der Waals surface area contributed by atoms with Crippen molar-refractivity contribution in [1.29, 1.82) is 0 Å². The van der Waals surface area contributed by atoms with Crippen LogP contribution in [-0.4, -0.2) is 46.1 Å². The largest absolute Gasteiger partial charge is 0.461 e. The SMILES string of the molecule is CCOC(=O)C1C(CCCCCn2nc(C)cc2OC=O)=C(C)N=[N+]1CC. The van der Waals surface area contributed by atoms with E-state index >= 15 is 0 Å². The Hall–Kier alpha value is -2.51. The van der Waals surface area contributed by atoms with E-state index in [-0.39, 0.29) is 5.97 Å². The number of unbranched alkanes of at least 4 members (excludes halogenated alkanes) is 2. The molecule has 27 heavy (non-hydrogen) atoms. The molecule has 1 atom stereocenters. The topological polar surface area (TPSA) is 85.8 Å². The van der Waals surface area contributed by atoms with Gasteiger partial charge < -0.3 is 9.47 Å². The molecule has 2 rings (SSSR count). The molecule has 148 valence electrons. The Kier molecular flexibility index (Phi) is 7.69. The summed E-state index contributed by atoms with van der Waals surface area (Å²) in [7, 11) is 0. The molecule has 1 aliphatic rings. The maximum atomic E-state index is 12.3. The Morgan fingerprint density at radius 1 is 1.30 bits per heavy atom. The number of azo groups is 2. The molecule has 8 heteroatoms. The zero-order valence-corrected chi connectivity index (χ0v) is 16.6. The third-order valence-corrected chi connectivity index (χ3v) is 4.56. The van der Waals surface area contributed by atoms with Gasteiger partial charge in [-0.15, -0.1) is 4.70 Å². The molecule has 0 saturated carbocycles. The predicted octanol–water partition coefficient (Wildman–Crippen LogP) is 2.99. The molecule has 0 radical (unpaired) electrons. The Balaban J connectivity index is 1.86. The molecule has 0 saturated heterocycles. The fraction of sp³-hybridized carbons (Fsp3) is 0.632. The van der Waals surface area contributed by atoms with E-state index in [1.807, 2.05) is 27.7 Å². The maximum absolute atomic E-state index is 12.3. The number of carbonyl (C=O) groups excluding carboxylic acids is 2. The highest BCUT2D eigenvalue weighted by molar-refractivity contribution is 5.78. The van der Waals surface area contributed by atoms with Gasteiger partial charge in [-0.1, -0.05) is 6.42 Å². The van der Waals surface area contributed by atoms with Gasteiger partial charge in [0.25, 0.3) is 12.5 Å². The van der Waals surface area contributed by atoms with E-state index in [9.17, 15) is 9.59 Å². The molecule has 1 unspecified atom stereocenters. The number of hydrogen-bond acceptors (Lipinski definition) is 6. The summed E-state index contributed by atoms with van der Waals surface area (Å²) in [5.41, 5.74) is 2.78. The second kappa shape index (κ2) is 9.99. The van der Waals surface area contributed by atoms with Crippen molar-refractivity contribution in [1.82, 2.24) is 9.78 Å². The first kappa shape index (κ1) is 20.8. The van der Waals surface area contributed by atoms with Crippen LogP contribution in [0.5, 0.6) is 5.88 Å². The number of likely N-dealkylation sites (N-methyl/N-ethyl adjacent to an activating group) is 1. The number of carbonyl (C=O) groups is 2. The second-order valence-corrected chi connectivity index (χ2v) is 6.49. The van der Waals surface area contributed by atoms with Crippen LogP contribution in [0, 0.1) is 6.92 Å². The van der Waals surface area contributed by atoms with E-state index in [0.717, 1.165) is 42.6 Å². The van der Waals surface area contributed by atoms with E-state index < -0.39 is 6.04 Å². The summed E-state index contributed by atoms with van der Waals surface area (Å²) in [4.78, 5) is 22.9. The lowest BCUT2D eigenvalue weighted by molar-refractivity contribution is -0.598. The van der Waals surface area contributed by atoms with Gasteiger partial charge in [-0.05, 0) is 52.1 Å². The van der Waals surface area contributed by atoms with Crippen molar-refractivity contribution in [3.05, 3.63) is 23.0 Å². The van der Waals surface area contributed by atoms with Gasteiger partial charge in [0.15, 0.2) is 6.54 Å². The molecule has 2 heterocycles. The summed E-state index contributed by atoms with van der Waals surface area (Å²) in [5.74, 6) is 0.245. The normalized spacial score (nSPS) is 16.4. The standard InChI is InChI=1S/C19H29N4O4/c1-5-22-18(19(25)26-6-2)16(15(4)21-22)10-8-7-9-11-23-17(27-13-24)12-14(3)20-23/h12-13,18H,5-11H2,1-4H3/q+1. The number of allylic oxidation sites excluding steroid dienone is 1. The molecule has 0 N–H and O–H groups in total. The van der Waals surface area contributed by atoms with Crippen molar-refractivity contribution in [2.45, 2.75) is 66.0 Å². The van der Waals surface area contributed by atoms with Crippen LogP contribution in [0.4, 0.5) is 0 Å². The van der Waals surface area contributed by atoms with Crippen LogP contribution >= 0.6 is 0 Å². The van der Waals surface area contributed by atoms with E-state index in [1.165, 1.54) is 0 Å². The molecular formula is C19H29N4O4+. The molecule has 0 aromatic carbocycles. The molecule has 0 aliphatic carbocycles. The van der Waals surface area contributed by atoms with Crippen molar-refractivity contribution in [3.8, 4) is 5.88 Å². The molecule has 0 spiro atoms. The number of ether oxygens (including phenoxy) is 2. The summed E-state index contributed by atoms with van der Waals surface area (Å²) in [6, 6.07) is 1.35. The van der Waals surface area contributed by atoms with E-state index in [4.69, 9.17) is 9.47 Å². The van der Waals surface area contributed by atoms with Crippen LogP contribution in [0.25, 0.3) is 0 Å². The third-order valence-electron chi connectivity index (χ3n) is 4.56.